The van der Waals surface area contributed by atoms with Gasteiger partial charge >= 0.3 is 17.9 Å². The third-order valence-electron chi connectivity index (χ3n) is 10.6. The highest BCUT2D eigenvalue weighted by Gasteiger charge is 2.19. The van der Waals surface area contributed by atoms with Crippen LogP contribution >= 0.6 is 0 Å². The molecule has 0 aromatic carbocycles. The van der Waals surface area contributed by atoms with Crippen molar-refractivity contribution in [3.63, 3.8) is 0 Å². The molecule has 0 aliphatic heterocycles. The summed E-state index contributed by atoms with van der Waals surface area (Å²) in [5.74, 6) is -1.01. The molecule has 1 unspecified atom stereocenters. The molecular weight excluding hydrogens is 829 g/mol. The van der Waals surface area contributed by atoms with Crippen molar-refractivity contribution in [1.29, 1.82) is 0 Å². The van der Waals surface area contributed by atoms with E-state index >= 15 is 0 Å². The third-order valence-corrected chi connectivity index (χ3v) is 10.6. The van der Waals surface area contributed by atoms with E-state index < -0.39 is 6.10 Å². The molecule has 0 radical (unpaired) electrons. The highest BCUT2D eigenvalue weighted by molar-refractivity contribution is 5.71. The molecule has 0 saturated heterocycles. The van der Waals surface area contributed by atoms with E-state index in [1.54, 1.807) is 0 Å². The molecule has 376 valence electrons. The van der Waals surface area contributed by atoms with Gasteiger partial charge in [0.05, 0.1) is 0 Å². The van der Waals surface area contributed by atoms with Gasteiger partial charge < -0.3 is 14.2 Å². The highest BCUT2D eigenvalue weighted by atomic mass is 16.6. The molecular formula is C61H96O6. The number of rotatable bonds is 46. The van der Waals surface area contributed by atoms with Gasteiger partial charge in [-0.25, -0.2) is 0 Å². The number of carbonyl (C=O) groups is 3. The smallest absolute Gasteiger partial charge is 0.306 e. The van der Waals surface area contributed by atoms with Gasteiger partial charge in [-0.1, -0.05) is 206 Å². The molecule has 0 aliphatic carbocycles. The summed E-state index contributed by atoms with van der Waals surface area (Å²) in [5.41, 5.74) is 0. The third kappa shape index (κ3) is 52.4. The van der Waals surface area contributed by atoms with Crippen LogP contribution in [0, 0.1) is 0 Å². The fraction of sp³-hybridized carbons (Fsp3) is 0.590. The van der Waals surface area contributed by atoms with Gasteiger partial charge in [0.25, 0.3) is 0 Å². The zero-order valence-corrected chi connectivity index (χ0v) is 42.9. The number of ether oxygens (including phenoxy) is 3. The van der Waals surface area contributed by atoms with Gasteiger partial charge in [0.2, 0.25) is 0 Å². The van der Waals surface area contributed by atoms with Gasteiger partial charge in [-0.15, -0.1) is 0 Å². The van der Waals surface area contributed by atoms with Gasteiger partial charge in [0, 0.05) is 19.3 Å². The molecule has 0 N–H and O–H groups in total. The molecule has 0 aromatic rings. The summed E-state index contributed by atoms with van der Waals surface area (Å²) in [7, 11) is 0. The van der Waals surface area contributed by atoms with Crippen molar-refractivity contribution in [3.8, 4) is 0 Å². The molecule has 6 nitrogen and oxygen atoms in total. The van der Waals surface area contributed by atoms with Gasteiger partial charge in [0.1, 0.15) is 13.2 Å². The Labute approximate surface area is 411 Å². The second-order valence-corrected chi connectivity index (χ2v) is 17.0. The van der Waals surface area contributed by atoms with Gasteiger partial charge in [-0.05, 0) is 122 Å². The van der Waals surface area contributed by atoms with Crippen LogP contribution in [0.2, 0.25) is 0 Å². The van der Waals surface area contributed by atoms with E-state index in [1.165, 1.54) is 25.7 Å². The minimum atomic E-state index is -0.824. The Bertz CT molecular complexity index is 1480. The highest BCUT2D eigenvalue weighted by Crippen LogP contribution is 2.12. The Morgan fingerprint density at radius 2 is 0.597 bits per heavy atom. The predicted molar refractivity (Wildman–Crippen MR) is 288 cm³/mol. The summed E-state index contributed by atoms with van der Waals surface area (Å²) < 4.78 is 16.7. The Balaban J connectivity index is 4.51. The fourth-order valence-electron chi connectivity index (χ4n) is 6.66. The lowest BCUT2D eigenvalue weighted by Gasteiger charge is -2.18. The van der Waals surface area contributed by atoms with Crippen molar-refractivity contribution in [1.82, 2.24) is 0 Å². The summed E-state index contributed by atoms with van der Waals surface area (Å²) in [6.45, 7) is 6.28. The van der Waals surface area contributed by atoms with Crippen LogP contribution < -0.4 is 0 Å². The molecule has 0 fully saturated rings. The fourth-order valence-corrected chi connectivity index (χ4v) is 6.66. The second kappa shape index (κ2) is 54.2. The van der Waals surface area contributed by atoms with Crippen molar-refractivity contribution in [2.75, 3.05) is 13.2 Å². The largest absolute Gasteiger partial charge is 0.462 e. The Kier molecular flexibility index (Phi) is 50.6. The van der Waals surface area contributed by atoms with Crippen LogP contribution in [0.5, 0.6) is 0 Å². The Morgan fingerprint density at radius 3 is 0.970 bits per heavy atom. The van der Waals surface area contributed by atoms with Crippen LogP contribution in [0.25, 0.3) is 0 Å². The average Bonchev–Trinajstić information content (AvgIpc) is 3.33. The summed E-state index contributed by atoms with van der Waals surface area (Å²) in [6.07, 6.45) is 75.8. The molecule has 0 saturated carbocycles. The first-order chi connectivity index (χ1) is 33.0. The van der Waals surface area contributed by atoms with E-state index in [0.29, 0.717) is 19.3 Å². The normalized spacial score (nSPS) is 13.2. The monoisotopic (exact) mass is 925 g/mol. The van der Waals surface area contributed by atoms with Crippen LogP contribution in [-0.2, 0) is 28.6 Å². The zero-order valence-electron chi connectivity index (χ0n) is 42.9. The maximum atomic E-state index is 12.8. The van der Waals surface area contributed by atoms with Crippen molar-refractivity contribution < 1.29 is 28.6 Å². The predicted octanol–water partition coefficient (Wildman–Crippen LogP) is 17.9. The Hall–Kier alpha value is -4.45. The maximum Gasteiger partial charge on any atom is 0.306 e. The SMILES string of the molecule is CC/C=C\C/C=C\C/C=C\C/C=C\C/C=C\CCCCCCCC(=O)OCC(COC(=O)CCCCCCC/C=C\CCCC)OC(=O)CCC/C=C\C/C=C\C/C=C\C/C=C\C/C=C\CC. The molecule has 1 atom stereocenters. The van der Waals surface area contributed by atoms with Crippen molar-refractivity contribution in [2.45, 2.75) is 219 Å². The van der Waals surface area contributed by atoms with Gasteiger partial charge in [-0.2, -0.15) is 0 Å². The summed E-state index contributed by atoms with van der Waals surface area (Å²) >= 11 is 0. The van der Waals surface area contributed by atoms with E-state index in [0.717, 1.165) is 141 Å². The number of hydrogen-bond acceptors (Lipinski definition) is 6. The molecule has 0 amide bonds. The van der Waals surface area contributed by atoms with Crippen molar-refractivity contribution in [2.24, 2.45) is 0 Å². The molecule has 0 aromatic heterocycles. The lowest BCUT2D eigenvalue weighted by atomic mass is 10.1. The summed E-state index contributed by atoms with van der Waals surface area (Å²) in [6, 6.07) is 0. The van der Waals surface area contributed by atoms with Crippen LogP contribution in [0.3, 0.4) is 0 Å². The molecule has 0 heterocycles. The van der Waals surface area contributed by atoms with Crippen LogP contribution in [0.4, 0.5) is 0 Å². The minimum Gasteiger partial charge on any atom is -0.462 e. The first kappa shape index (κ1) is 62.5. The van der Waals surface area contributed by atoms with E-state index in [2.05, 4.69) is 154 Å². The van der Waals surface area contributed by atoms with E-state index in [4.69, 9.17) is 14.2 Å². The summed E-state index contributed by atoms with van der Waals surface area (Å²) in [4.78, 5) is 38.0. The van der Waals surface area contributed by atoms with E-state index in [1.807, 2.05) is 0 Å². The maximum absolute atomic E-state index is 12.8. The molecule has 0 bridgehead atoms. The van der Waals surface area contributed by atoms with Gasteiger partial charge in [0.15, 0.2) is 6.10 Å². The molecule has 0 spiro atoms. The Morgan fingerprint density at radius 1 is 0.313 bits per heavy atom. The first-order valence-corrected chi connectivity index (χ1v) is 26.7. The summed E-state index contributed by atoms with van der Waals surface area (Å²) in [5, 5.41) is 0. The quantitative estimate of drug-likeness (QED) is 0.0262. The van der Waals surface area contributed by atoms with E-state index in [-0.39, 0.29) is 37.5 Å². The first-order valence-electron chi connectivity index (χ1n) is 26.7. The van der Waals surface area contributed by atoms with Crippen LogP contribution in [-0.4, -0.2) is 37.2 Å². The van der Waals surface area contributed by atoms with E-state index in [9.17, 15) is 14.4 Å². The van der Waals surface area contributed by atoms with Gasteiger partial charge in [-0.3, -0.25) is 14.4 Å². The van der Waals surface area contributed by atoms with Crippen LogP contribution in [0.1, 0.15) is 213 Å². The van der Waals surface area contributed by atoms with Crippen molar-refractivity contribution in [3.05, 3.63) is 134 Å². The van der Waals surface area contributed by atoms with Crippen LogP contribution in [0.15, 0.2) is 134 Å². The molecule has 0 rings (SSSR count). The van der Waals surface area contributed by atoms with Crippen molar-refractivity contribution >= 4 is 17.9 Å². The zero-order chi connectivity index (χ0) is 48.6. The number of hydrogen-bond donors (Lipinski definition) is 0. The number of unbranched alkanes of at least 4 members (excludes halogenated alkanes) is 13. The molecule has 67 heavy (non-hydrogen) atoms. The topological polar surface area (TPSA) is 78.9 Å². The average molecular weight is 925 g/mol. The molecule has 0 aliphatic rings. The second-order valence-electron chi connectivity index (χ2n) is 17.0. The minimum absolute atomic E-state index is 0.116. The molecule has 6 heteroatoms. The number of esters is 3. The lowest BCUT2D eigenvalue weighted by Crippen LogP contribution is -2.30. The lowest BCUT2D eigenvalue weighted by molar-refractivity contribution is -0.167. The number of allylic oxidation sites excluding steroid dienone is 22. The number of carbonyl (C=O) groups excluding carboxylic acids is 3. The standard InChI is InChI=1S/C61H96O6/c1-4-7-10-13-16-19-22-24-26-28-29-30-31-33-34-36-39-42-45-48-51-54-60(63)66-57-58(56-65-59(62)53-50-47-44-41-38-21-18-15-12-9-6-3)67-61(64)55-52-49-46-43-40-37-35-32-27-25-23-20-17-14-11-8-5-2/h7-8,10-11,15-20,24-27,29-30,33-35,37,43,46,58H,4-6,9,12-14,21-23,28,31-32,36,38-42,44-45,47-57H2,1-3H3/b10-7-,11-8-,18-15-,19-16-,20-17-,26-24-,27-25-,30-29-,34-33-,37-35-,46-43-.